The Bertz CT molecular complexity index is 562. The molecule has 86 valence electrons. The molecule has 0 unspecified atom stereocenters. The Balaban J connectivity index is 2.51. The molecule has 0 aliphatic carbocycles. The fraction of sp³-hybridized carbons (Fsp3) is 0.154. The van der Waals surface area contributed by atoms with Gasteiger partial charge in [0.1, 0.15) is 0 Å². The van der Waals surface area contributed by atoms with E-state index in [2.05, 4.69) is 9.97 Å². The van der Waals surface area contributed by atoms with E-state index in [0.29, 0.717) is 11.5 Å². The normalized spacial score (nSPS) is 10.2. The Labute approximate surface area is 99.0 Å². The van der Waals surface area contributed by atoms with E-state index in [1.165, 1.54) is 6.07 Å². The zero-order valence-corrected chi connectivity index (χ0v) is 9.64. The highest BCUT2D eigenvalue weighted by atomic mass is 16.4. The predicted molar refractivity (Wildman–Crippen MR) is 63.9 cm³/mol. The molecule has 1 aromatic carbocycles. The number of aromatic nitrogens is 2. The first-order chi connectivity index (χ1) is 8.06. The summed E-state index contributed by atoms with van der Waals surface area (Å²) in [4.78, 5) is 19.2. The lowest BCUT2D eigenvalue weighted by molar-refractivity contribution is 0.0690. The van der Waals surface area contributed by atoms with Crippen LogP contribution in [0.25, 0.3) is 11.4 Å². The van der Waals surface area contributed by atoms with Gasteiger partial charge in [-0.05, 0) is 19.9 Å². The van der Waals surface area contributed by atoms with E-state index in [4.69, 9.17) is 5.11 Å². The van der Waals surface area contributed by atoms with E-state index in [0.717, 1.165) is 11.1 Å². The van der Waals surface area contributed by atoms with Crippen molar-refractivity contribution in [1.29, 1.82) is 0 Å². The average Bonchev–Trinajstić information content (AvgIpc) is 2.29. The third kappa shape index (κ3) is 2.47. The number of aromatic carboxylic acids is 1. The van der Waals surface area contributed by atoms with Crippen molar-refractivity contribution >= 4 is 5.97 Å². The van der Waals surface area contributed by atoms with Gasteiger partial charge in [-0.2, -0.15) is 0 Å². The first-order valence-electron chi connectivity index (χ1n) is 5.22. The highest BCUT2D eigenvalue weighted by Gasteiger charge is 2.09. The maximum atomic E-state index is 10.9. The van der Waals surface area contributed by atoms with E-state index in [1.807, 2.05) is 31.2 Å². The van der Waals surface area contributed by atoms with E-state index in [-0.39, 0.29) is 5.69 Å². The molecule has 0 amide bonds. The van der Waals surface area contributed by atoms with Gasteiger partial charge in [0.2, 0.25) is 0 Å². The summed E-state index contributed by atoms with van der Waals surface area (Å²) in [5, 5.41) is 8.93. The van der Waals surface area contributed by atoms with Crippen LogP contribution < -0.4 is 0 Å². The second-order valence-electron chi connectivity index (χ2n) is 3.89. The highest BCUT2D eigenvalue weighted by Crippen LogP contribution is 2.16. The fourth-order valence-corrected chi connectivity index (χ4v) is 1.51. The van der Waals surface area contributed by atoms with Crippen LogP contribution >= 0.6 is 0 Å². The second kappa shape index (κ2) is 4.33. The van der Waals surface area contributed by atoms with E-state index in [9.17, 15) is 4.79 Å². The van der Waals surface area contributed by atoms with Gasteiger partial charge in [0, 0.05) is 11.3 Å². The van der Waals surface area contributed by atoms with Gasteiger partial charge in [0.15, 0.2) is 11.5 Å². The standard InChI is InChI=1S/C13H12N2O2/c1-8-3-5-10(6-4-8)12-14-9(2)7-11(15-12)13(16)17/h3-7H,1-2H3,(H,16,17). The lowest BCUT2D eigenvalue weighted by atomic mass is 10.1. The molecule has 0 aliphatic heterocycles. The molecule has 1 N–H and O–H groups in total. The van der Waals surface area contributed by atoms with E-state index < -0.39 is 5.97 Å². The molecule has 0 saturated carbocycles. The van der Waals surface area contributed by atoms with Crippen LogP contribution in [0.15, 0.2) is 30.3 Å². The SMILES string of the molecule is Cc1ccc(-c2nc(C)cc(C(=O)O)n2)cc1. The molecule has 2 aromatic rings. The summed E-state index contributed by atoms with van der Waals surface area (Å²) < 4.78 is 0. The van der Waals surface area contributed by atoms with Gasteiger partial charge in [-0.1, -0.05) is 29.8 Å². The van der Waals surface area contributed by atoms with Gasteiger partial charge in [-0.25, -0.2) is 14.8 Å². The Morgan fingerprint density at radius 3 is 2.35 bits per heavy atom. The monoisotopic (exact) mass is 228 g/mol. The van der Waals surface area contributed by atoms with Crippen molar-refractivity contribution in [2.24, 2.45) is 0 Å². The molecule has 0 fully saturated rings. The van der Waals surface area contributed by atoms with Crippen LogP contribution in [0.2, 0.25) is 0 Å². The minimum atomic E-state index is -1.04. The van der Waals surface area contributed by atoms with Gasteiger partial charge >= 0.3 is 5.97 Å². The Morgan fingerprint density at radius 1 is 1.12 bits per heavy atom. The largest absolute Gasteiger partial charge is 0.477 e. The lowest BCUT2D eigenvalue weighted by Gasteiger charge is -2.03. The minimum absolute atomic E-state index is 0.0214. The summed E-state index contributed by atoms with van der Waals surface area (Å²) in [6, 6.07) is 9.12. The summed E-state index contributed by atoms with van der Waals surface area (Å²) in [5.74, 6) is -0.591. The molecular formula is C13H12N2O2. The Morgan fingerprint density at radius 2 is 1.76 bits per heavy atom. The average molecular weight is 228 g/mol. The molecule has 2 rings (SSSR count). The van der Waals surface area contributed by atoms with Crippen molar-refractivity contribution in [3.63, 3.8) is 0 Å². The zero-order chi connectivity index (χ0) is 12.4. The molecule has 1 aromatic heterocycles. The molecule has 1 heterocycles. The molecule has 0 radical (unpaired) electrons. The maximum Gasteiger partial charge on any atom is 0.354 e. The van der Waals surface area contributed by atoms with Gasteiger partial charge in [0.25, 0.3) is 0 Å². The quantitative estimate of drug-likeness (QED) is 0.857. The van der Waals surface area contributed by atoms with Gasteiger partial charge in [-0.3, -0.25) is 0 Å². The molecule has 17 heavy (non-hydrogen) atoms. The van der Waals surface area contributed by atoms with Crippen LogP contribution in [-0.2, 0) is 0 Å². The molecule has 0 spiro atoms. The summed E-state index contributed by atoms with van der Waals surface area (Å²) in [6.45, 7) is 3.75. The number of carbonyl (C=O) groups is 1. The molecule has 0 aliphatic rings. The molecule has 4 heteroatoms. The predicted octanol–water partition coefficient (Wildman–Crippen LogP) is 2.46. The van der Waals surface area contributed by atoms with Crippen molar-refractivity contribution in [2.75, 3.05) is 0 Å². The molecule has 0 saturated heterocycles. The Hall–Kier alpha value is -2.23. The minimum Gasteiger partial charge on any atom is -0.477 e. The lowest BCUT2D eigenvalue weighted by Crippen LogP contribution is -2.04. The van der Waals surface area contributed by atoms with E-state index >= 15 is 0 Å². The van der Waals surface area contributed by atoms with Crippen LogP contribution in [0.3, 0.4) is 0 Å². The molecule has 0 atom stereocenters. The van der Waals surface area contributed by atoms with Crippen molar-refractivity contribution in [2.45, 2.75) is 13.8 Å². The van der Waals surface area contributed by atoms with E-state index in [1.54, 1.807) is 6.92 Å². The van der Waals surface area contributed by atoms with Gasteiger partial charge in [-0.15, -0.1) is 0 Å². The van der Waals surface area contributed by atoms with Gasteiger partial charge in [0.05, 0.1) is 0 Å². The number of nitrogens with zero attached hydrogens (tertiary/aromatic N) is 2. The summed E-state index contributed by atoms with van der Waals surface area (Å²) >= 11 is 0. The maximum absolute atomic E-state index is 10.9. The number of hydrogen-bond acceptors (Lipinski definition) is 3. The number of benzene rings is 1. The van der Waals surface area contributed by atoms with Crippen LogP contribution in [0, 0.1) is 13.8 Å². The van der Waals surface area contributed by atoms with Crippen molar-refractivity contribution in [3.05, 3.63) is 47.3 Å². The third-order valence-electron chi connectivity index (χ3n) is 2.38. The molecule has 0 bridgehead atoms. The topological polar surface area (TPSA) is 63.1 Å². The van der Waals surface area contributed by atoms with Crippen molar-refractivity contribution in [3.8, 4) is 11.4 Å². The highest BCUT2D eigenvalue weighted by molar-refractivity contribution is 5.86. The first-order valence-corrected chi connectivity index (χ1v) is 5.22. The van der Waals surface area contributed by atoms with Crippen molar-refractivity contribution < 1.29 is 9.90 Å². The van der Waals surface area contributed by atoms with Crippen molar-refractivity contribution in [1.82, 2.24) is 9.97 Å². The zero-order valence-electron chi connectivity index (χ0n) is 9.64. The van der Waals surface area contributed by atoms with Crippen LogP contribution in [-0.4, -0.2) is 21.0 Å². The van der Waals surface area contributed by atoms with Crippen LogP contribution in [0.4, 0.5) is 0 Å². The summed E-state index contributed by atoms with van der Waals surface area (Å²) in [6.07, 6.45) is 0. The fourth-order valence-electron chi connectivity index (χ4n) is 1.51. The second-order valence-corrected chi connectivity index (χ2v) is 3.89. The number of carboxylic acids is 1. The number of aryl methyl sites for hydroxylation is 2. The number of rotatable bonds is 2. The summed E-state index contributed by atoms with van der Waals surface area (Å²) in [7, 11) is 0. The third-order valence-corrected chi connectivity index (χ3v) is 2.38. The van der Waals surface area contributed by atoms with Gasteiger partial charge < -0.3 is 5.11 Å². The molecular weight excluding hydrogens is 216 g/mol. The van der Waals surface area contributed by atoms with Crippen LogP contribution in [0.5, 0.6) is 0 Å². The van der Waals surface area contributed by atoms with Crippen LogP contribution in [0.1, 0.15) is 21.7 Å². The smallest absolute Gasteiger partial charge is 0.354 e. The Kier molecular flexibility index (Phi) is 2.87. The molecule has 4 nitrogen and oxygen atoms in total. The number of hydrogen-bond donors (Lipinski definition) is 1. The first kappa shape index (κ1) is 11.3. The summed E-state index contributed by atoms with van der Waals surface area (Å²) in [5.41, 5.74) is 2.63. The number of carboxylic acid groups (broad SMARTS) is 1.